The van der Waals surface area contributed by atoms with Gasteiger partial charge in [0.1, 0.15) is 0 Å². The Labute approximate surface area is 104 Å². The predicted molar refractivity (Wildman–Crippen MR) is 75.0 cm³/mol. The van der Waals surface area contributed by atoms with E-state index in [1.807, 2.05) is 11.8 Å². The van der Waals surface area contributed by atoms with Gasteiger partial charge in [0, 0.05) is 11.8 Å². The van der Waals surface area contributed by atoms with Crippen LogP contribution in [0.15, 0.2) is 24.3 Å². The molecule has 16 heavy (non-hydrogen) atoms. The molecule has 90 valence electrons. The minimum absolute atomic E-state index is 0.284. The number of benzene rings is 1. The lowest BCUT2D eigenvalue weighted by molar-refractivity contribution is 0.731. The average Bonchev–Trinajstić information content (AvgIpc) is 2.21. The molecule has 0 amide bonds. The normalized spacial score (nSPS) is 13.1. The second-order valence-electron chi connectivity index (χ2n) is 4.88. The maximum atomic E-state index is 6.11. The van der Waals surface area contributed by atoms with Crippen LogP contribution in [0.5, 0.6) is 0 Å². The Morgan fingerprint density at radius 2 is 1.75 bits per heavy atom. The molecule has 0 heterocycles. The van der Waals surface area contributed by atoms with E-state index in [1.54, 1.807) is 0 Å². The molecular formula is C14H23NS. The first-order chi connectivity index (χ1) is 7.58. The van der Waals surface area contributed by atoms with Gasteiger partial charge in [-0.3, -0.25) is 0 Å². The summed E-state index contributed by atoms with van der Waals surface area (Å²) in [7, 11) is 0. The van der Waals surface area contributed by atoms with E-state index in [0.717, 1.165) is 18.1 Å². The lowest BCUT2D eigenvalue weighted by Gasteiger charge is -2.12. The van der Waals surface area contributed by atoms with Crippen molar-refractivity contribution in [1.29, 1.82) is 0 Å². The van der Waals surface area contributed by atoms with E-state index < -0.39 is 0 Å². The van der Waals surface area contributed by atoms with Gasteiger partial charge in [-0.15, -0.1) is 0 Å². The molecule has 0 aliphatic carbocycles. The third-order valence-corrected chi connectivity index (χ3v) is 3.97. The maximum Gasteiger partial charge on any atom is 0.0171 e. The summed E-state index contributed by atoms with van der Waals surface area (Å²) in [5, 5.41) is 0. The molecule has 0 saturated carbocycles. The Kier molecular flexibility index (Phi) is 5.93. The highest BCUT2D eigenvalue weighted by atomic mass is 32.2. The van der Waals surface area contributed by atoms with Crippen LogP contribution in [0.2, 0.25) is 0 Å². The third-order valence-electron chi connectivity index (χ3n) is 2.40. The van der Waals surface area contributed by atoms with Crippen molar-refractivity contribution in [3.05, 3.63) is 35.4 Å². The molecule has 1 unspecified atom stereocenters. The zero-order chi connectivity index (χ0) is 12.0. The van der Waals surface area contributed by atoms with Crippen LogP contribution in [0, 0.1) is 12.8 Å². The predicted octanol–water partition coefficient (Wildman–Crippen LogP) is 3.25. The van der Waals surface area contributed by atoms with Crippen LogP contribution < -0.4 is 5.73 Å². The second kappa shape index (κ2) is 6.97. The van der Waals surface area contributed by atoms with Gasteiger partial charge in [-0.05, 0) is 30.6 Å². The standard InChI is InChI=1S/C14H23NS/c1-11(2)9-16-10-14(15)8-13-6-4-12(3)5-7-13/h4-7,11,14H,8-10,15H2,1-3H3. The van der Waals surface area contributed by atoms with E-state index in [2.05, 4.69) is 45.0 Å². The number of thioether (sulfide) groups is 1. The molecule has 0 spiro atoms. The van der Waals surface area contributed by atoms with Crippen molar-refractivity contribution in [2.75, 3.05) is 11.5 Å². The molecular weight excluding hydrogens is 214 g/mol. The molecule has 1 rings (SSSR count). The van der Waals surface area contributed by atoms with Crippen LogP contribution in [0.4, 0.5) is 0 Å². The summed E-state index contributed by atoms with van der Waals surface area (Å²) in [6.45, 7) is 6.61. The fourth-order valence-corrected chi connectivity index (χ4v) is 2.57. The summed E-state index contributed by atoms with van der Waals surface area (Å²) in [6.07, 6.45) is 0.991. The van der Waals surface area contributed by atoms with Crippen LogP contribution in [0.1, 0.15) is 25.0 Å². The van der Waals surface area contributed by atoms with Crippen LogP contribution in [0.25, 0.3) is 0 Å². The van der Waals surface area contributed by atoms with Gasteiger partial charge >= 0.3 is 0 Å². The summed E-state index contributed by atoms with van der Waals surface area (Å²) in [4.78, 5) is 0. The van der Waals surface area contributed by atoms with Crippen molar-refractivity contribution in [2.24, 2.45) is 11.7 Å². The molecule has 0 fully saturated rings. The first-order valence-corrected chi connectivity index (χ1v) is 7.12. The minimum Gasteiger partial charge on any atom is -0.327 e. The highest BCUT2D eigenvalue weighted by Crippen LogP contribution is 2.11. The lowest BCUT2D eigenvalue weighted by Crippen LogP contribution is -2.26. The summed E-state index contributed by atoms with van der Waals surface area (Å²) in [5.41, 5.74) is 8.77. The van der Waals surface area contributed by atoms with E-state index in [1.165, 1.54) is 16.9 Å². The van der Waals surface area contributed by atoms with Gasteiger partial charge < -0.3 is 5.73 Å². The monoisotopic (exact) mass is 237 g/mol. The smallest absolute Gasteiger partial charge is 0.0171 e. The van der Waals surface area contributed by atoms with Crippen molar-refractivity contribution in [2.45, 2.75) is 33.2 Å². The van der Waals surface area contributed by atoms with Crippen molar-refractivity contribution in [3.8, 4) is 0 Å². The Morgan fingerprint density at radius 3 is 2.31 bits per heavy atom. The van der Waals surface area contributed by atoms with Crippen molar-refractivity contribution < 1.29 is 0 Å². The van der Waals surface area contributed by atoms with Gasteiger partial charge in [0.05, 0.1) is 0 Å². The lowest BCUT2D eigenvalue weighted by atomic mass is 10.1. The molecule has 1 atom stereocenters. The third kappa shape index (κ3) is 5.57. The number of hydrogen-bond acceptors (Lipinski definition) is 2. The molecule has 0 bridgehead atoms. The zero-order valence-electron chi connectivity index (χ0n) is 10.6. The van der Waals surface area contributed by atoms with Gasteiger partial charge in [0.25, 0.3) is 0 Å². The fourth-order valence-electron chi connectivity index (χ4n) is 1.54. The molecule has 1 nitrogen and oxygen atoms in total. The van der Waals surface area contributed by atoms with Gasteiger partial charge in [0.2, 0.25) is 0 Å². The molecule has 2 heteroatoms. The van der Waals surface area contributed by atoms with Crippen molar-refractivity contribution in [3.63, 3.8) is 0 Å². The van der Waals surface area contributed by atoms with Crippen LogP contribution in [-0.4, -0.2) is 17.5 Å². The summed E-state index contributed by atoms with van der Waals surface area (Å²) < 4.78 is 0. The van der Waals surface area contributed by atoms with E-state index in [-0.39, 0.29) is 6.04 Å². The van der Waals surface area contributed by atoms with Crippen LogP contribution >= 0.6 is 11.8 Å². The van der Waals surface area contributed by atoms with Crippen molar-refractivity contribution >= 4 is 11.8 Å². The topological polar surface area (TPSA) is 26.0 Å². The number of aryl methyl sites for hydroxylation is 1. The molecule has 1 aromatic carbocycles. The Balaban J connectivity index is 2.28. The van der Waals surface area contributed by atoms with Gasteiger partial charge in [-0.1, -0.05) is 43.7 Å². The van der Waals surface area contributed by atoms with Gasteiger partial charge in [0.15, 0.2) is 0 Å². The van der Waals surface area contributed by atoms with Crippen molar-refractivity contribution in [1.82, 2.24) is 0 Å². The van der Waals surface area contributed by atoms with E-state index in [4.69, 9.17) is 5.73 Å². The van der Waals surface area contributed by atoms with E-state index in [9.17, 15) is 0 Å². The zero-order valence-corrected chi connectivity index (χ0v) is 11.4. The Hall–Kier alpha value is -0.470. The van der Waals surface area contributed by atoms with Gasteiger partial charge in [-0.25, -0.2) is 0 Å². The Bertz CT molecular complexity index is 292. The molecule has 0 radical (unpaired) electrons. The average molecular weight is 237 g/mol. The van der Waals surface area contributed by atoms with Crippen LogP contribution in [-0.2, 0) is 6.42 Å². The first kappa shape index (κ1) is 13.6. The summed E-state index contributed by atoms with van der Waals surface area (Å²) in [5.74, 6) is 3.03. The first-order valence-electron chi connectivity index (χ1n) is 5.97. The molecule has 0 aromatic heterocycles. The molecule has 0 saturated heterocycles. The summed E-state index contributed by atoms with van der Waals surface area (Å²) >= 11 is 1.97. The van der Waals surface area contributed by atoms with Crippen LogP contribution in [0.3, 0.4) is 0 Å². The summed E-state index contributed by atoms with van der Waals surface area (Å²) in [6, 6.07) is 8.96. The van der Waals surface area contributed by atoms with Gasteiger partial charge in [-0.2, -0.15) is 11.8 Å². The molecule has 0 aliphatic heterocycles. The highest BCUT2D eigenvalue weighted by Gasteiger charge is 2.04. The van der Waals surface area contributed by atoms with E-state index >= 15 is 0 Å². The Morgan fingerprint density at radius 1 is 1.12 bits per heavy atom. The maximum absolute atomic E-state index is 6.11. The highest BCUT2D eigenvalue weighted by molar-refractivity contribution is 7.99. The molecule has 2 N–H and O–H groups in total. The fraction of sp³-hybridized carbons (Fsp3) is 0.571. The van der Waals surface area contributed by atoms with E-state index in [0.29, 0.717) is 0 Å². The second-order valence-corrected chi connectivity index (χ2v) is 5.96. The molecule has 1 aromatic rings. The number of nitrogens with two attached hydrogens (primary N) is 1. The quantitative estimate of drug-likeness (QED) is 0.822. The SMILES string of the molecule is Cc1ccc(CC(N)CSCC(C)C)cc1. The number of hydrogen-bond donors (Lipinski definition) is 1. The minimum atomic E-state index is 0.284. The molecule has 0 aliphatic rings. The number of rotatable bonds is 6. The largest absolute Gasteiger partial charge is 0.327 e.